The average molecular weight is 376 g/mol. The largest absolute Gasteiger partial charge is 0.497 e. The molecule has 0 aliphatic carbocycles. The van der Waals surface area contributed by atoms with Gasteiger partial charge in [0, 0.05) is 11.1 Å². The molecule has 5 heteroatoms. The van der Waals surface area contributed by atoms with Crippen LogP contribution >= 0.6 is 0 Å². The van der Waals surface area contributed by atoms with E-state index in [1.165, 1.54) is 0 Å². The van der Waals surface area contributed by atoms with Gasteiger partial charge in [0.15, 0.2) is 0 Å². The van der Waals surface area contributed by atoms with E-state index in [2.05, 4.69) is 13.0 Å². The van der Waals surface area contributed by atoms with Crippen LogP contribution in [0.5, 0.6) is 11.5 Å². The number of methoxy groups -OCH3 is 1. The van der Waals surface area contributed by atoms with Crippen molar-refractivity contribution in [1.82, 2.24) is 0 Å². The van der Waals surface area contributed by atoms with Crippen LogP contribution in [-0.2, 0) is 4.79 Å². The average Bonchev–Trinajstić information content (AvgIpc) is 2.93. The van der Waals surface area contributed by atoms with Crippen LogP contribution in [0.1, 0.15) is 38.8 Å². The Morgan fingerprint density at radius 2 is 1.75 bits per heavy atom. The van der Waals surface area contributed by atoms with Crippen LogP contribution in [0.15, 0.2) is 47.5 Å². The van der Waals surface area contributed by atoms with E-state index in [0.717, 1.165) is 33.9 Å². The van der Waals surface area contributed by atoms with E-state index < -0.39 is 5.54 Å². The van der Waals surface area contributed by atoms with Gasteiger partial charge < -0.3 is 9.47 Å². The summed E-state index contributed by atoms with van der Waals surface area (Å²) in [5, 5.41) is 0. The van der Waals surface area contributed by atoms with Crippen LogP contribution in [-0.4, -0.2) is 30.9 Å². The standard InChI is InChI=1S/C23H24N2O3/c1-6-28-17-11-18-14(2)13-23(3,4)25-21(18)19(12-17)20(22(25)26)24-15-7-9-16(27-5)10-8-15/h7-13H,6H2,1-5H3. The molecule has 2 heterocycles. The highest BCUT2D eigenvalue weighted by atomic mass is 16.5. The molecule has 2 aromatic rings. The molecule has 28 heavy (non-hydrogen) atoms. The number of nitrogens with zero attached hydrogens (tertiary/aromatic N) is 2. The lowest BCUT2D eigenvalue weighted by atomic mass is 9.89. The zero-order valence-corrected chi connectivity index (χ0v) is 16.9. The van der Waals surface area contributed by atoms with Crippen molar-refractivity contribution < 1.29 is 14.3 Å². The summed E-state index contributed by atoms with van der Waals surface area (Å²) in [6, 6.07) is 11.3. The highest BCUT2D eigenvalue weighted by molar-refractivity contribution is 6.55. The SMILES string of the molecule is CCOc1cc2c3c(c1)C(=Nc1ccc(OC)cc1)C(=O)N3C(C)(C)C=C2C. The zero-order chi connectivity index (χ0) is 20.1. The molecule has 0 bridgehead atoms. The van der Waals surface area contributed by atoms with Gasteiger partial charge in [-0.2, -0.15) is 0 Å². The van der Waals surface area contributed by atoms with Gasteiger partial charge in [-0.25, -0.2) is 4.99 Å². The summed E-state index contributed by atoms with van der Waals surface area (Å²) in [6.07, 6.45) is 2.13. The summed E-state index contributed by atoms with van der Waals surface area (Å²) in [7, 11) is 1.62. The van der Waals surface area contributed by atoms with Gasteiger partial charge in [0.25, 0.3) is 5.91 Å². The molecule has 144 valence electrons. The molecule has 0 aromatic heterocycles. The fourth-order valence-corrected chi connectivity index (χ4v) is 4.02. The second kappa shape index (κ2) is 6.51. The molecule has 0 N–H and O–H groups in total. The number of rotatable bonds is 4. The first-order valence-electron chi connectivity index (χ1n) is 9.44. The van der Waals surface area contributed by atoms with Crippen LogP contribution in [0.25, 0.3) is 5.57 Å². The van der Waals surface area contributed by atoms with E-state index in [1.807, 2.05) is 62.1 Å². The van der Waals surface area contributed by atoms with Crippen LogP contribution in [0.4, 0.5) is 11.4 Å². The third-order valence-electron chi connectivity index (χ3n) is 5.16. The number of aliphatic imine (C=N–C) groups is 1. The number of hydrogen-bond donors (Lipinski definition) is 0. The normalized spacial score (nSPS) is 18.2. The maximum absolute atomic E-state index is 13.4. The molecule has 4 rings (SSSR count). The van der Waals surface area contributed by atoms with Crippen molar-refractivity contribution in [2.45, 2.75) is 33.2 Å². The first-order chi connectivity index (χ1) is 13.4. The maximum Gasteiger partial charge on any atom is 0.278 e. The Hall–Kier alpha value is -3.08. The third kappa shape index (κ3) is 2.78. The van der Waals surface area contributed by atoms with E-state index in [-0.39, 0.29) is 5.91 Å². The zero-order valence-electron chi connectivity index (χ0n) is 16.9. The maximum atomic E-state index is 13.4. The summed E-state index contributed by atoms with van der Waals surface area (Å²) in [5.41, 5.74) is 4.63. The van der Waals surface area contributed by atoms with Crippen molar-refractivity contribution in [3.8, 4) is 11.5 Å². The number of benzene rings is 2. The molecule has 1 amide bonds. The van der Waals surface area contributed by atoms with E-state index in [1.54, 1.807) is 7.11 Å². The molecule has 0 unspecified atom stereocenters. The minimum atomic E-state index is -0.423. The number of hydrogen-bond acceptors (Lipinski definition) is 4. The minimum absolute atomic E-state index is 0.0885. The molecule has 0 saturated carbocycles. The van der Waals surface area contributed by atoms with Crippen molar-refractivity contribution in [3.05, 3.63) is 53.6 Å². The highest BCUT2D eigenvalue weighted by Crippen LogP contribution is 2.47. The smallest absolute Gasteiger partial charge is 0.278 e. The molecule has 0 radical (unpaired) electrons. The van der Waals surface area contributed by atoms with Crippen LogP contribution < -0.4 is 14.4 Å². The predicted molar refractivity (Wildman–Crippen MR) is 112 cm³/mol. The van der Waals surface area contributed by atoms with Crippen molar-refractivity contribution in [2.75, 3.05) is 18.6 Å². The molecule has 0 spiro atoms. The van der Waals surface area contributed by atoms with Crippen molar-refractivity contribution in [3.63, 3.8) is 0 Å². The first-order valence-corrected chi connectivity index (χ1v) is 9.44. The van der Waals surface area contributed by atoms with E-state index in [4.69, 9.17) is 14.5 Å². The number of carbonyl (C=O) groups excluding carboxylic acids is 1. The van der Waals surface area contributed by atoms with Crippen molar-refractivity contribution in [2.24, 2.45) is 4.99 Å². The molecule has 0 saturated heterocycles. The summed E-state index contributed by atoms with van der Waals surface area (Å²) < 4.78 is 11.0. The number of allylic oxidation sites excluding steroid dienone is 1. The monoisotopic (exact) mass is 376 g/mol. The third-order valence-corrected chi connectivity index (χ3v) is 5.16. The molecule has 0 atom stereocenters. The van der Waals surface area contributed by atoms with E-state index in [9.17, 15) is 4.79 Å². The number of anilines is 1. The lowest BCUT2D eigenvalue weighted by molar-refractivity contribution is -0.112. The molecular weight excluding hydrogens is 352 g/mol. The van der Waals surface area contributed by atoms with Gasteiger partial charge in [0.05, 0.1) is 30.6 Å². The lowest BCUT2D eigenvalue weighted by Crippen LogP contribution is -2.47. The van der Waals surface area contributed by atoms with Crippen molar-refractivity contribution >= 4 is 28.6 Å². The van der Waals surface area contributed by atoms with Gasteiger partial charge in [-0.05, 0) is 69.7 Å². The molecule has 2 aliphatic rings. The second-order valence-electron chi connectivity index (χ2n) is 7.58. The lowest BCUT2D eigenvalue weighted by Gasteiger charge is -2.38. The Kier molecular flexibility index (Phi) is 4.26. The summed E-state index contributed by atoms with van der Waals surface area (Å²) in [5.74, 6) is 1.42. The minimum Gasteiger partial charge on any atom is -0.497 e. The molecule has 5 nitrogen and oxygen atoms in total. The number of carbonyl (C=O) groups is 1. The molecule has 2 aromatic carbocycles. The van der Waals surface area contributed by atoms with Crippen LogP contribution in [0, 0.1) is 0 Å². The van der Waals surface area contributed by atoms with Crippen LogP contribution in [0.2, 0.25) is 0 Å². The van der Waals surface area contributed by atoms with Gasteiger partial charge in [0.2, 0.25) is 0 Å². The fraction of sp³-hybridized carbons (Fsp3) is 0.304. The summed E-state index contributed by atoms with van der Waals surface area (Å²) in [4.78, 5) is 20.0. The Balaban J connectivity index is 1.92. The Labute approximate surface area is 165 Å². The summed E-state index contributed by atoms with van der Waals surface area (Å²) >= 11 is 0. The Morgan fingerprint density at radius 1 is 1.07 bits per heavy atom. The molecular formula is C23H24N2O3. The Morgan fingerprint density at radius 3 is 2.39 bits per heavy atom. The molecule has 0 fully saturated rings. The van der Waals surface area contributed by atoms with Crippen LogP contribution in [0.3, 0.4) is 0 Å². The predicted octanol–water partition coefficient (Wildman–Crippen LogP) is 4.76. The van der Waals surface area contributed by atoms with E-state index in [0.29, 0.717) is 18.0 Å². The first kappa shape index (κ1) is 18.3. The van der Waals surface area contributed by atoms with E-state index >= 15 is 0 Å². The van der Waals surface area contributed by atoms with Gasteiger partial charge in [-0.3, -0.25) is 9.69 Å². The van der Waals surface area contributed by atoms with Crippen molar-refractivity contribution in [1.29, 1.82) is 0 Å². The highest BCUT2D eigenvalue weighted by Gasteiger charge is 2.45. The fourth-order valence-electron chi connectivity index (χ4n) is 4.02. The second-order valence-corrected chi connectivity index (χ2v) is 7.58. The van der Waals surface area contributed by atoms with Gasteiger partial charge >= 0.3 is 0 Å². The van der Waals surface area contributed by atoms with Gasteiger partial charge in [-0.15, -0.1) is 0 Å². The molecule has 2 aliphatic heterocycles. The number of ether oxygens (including phenoxy) is 2. The Bertz CT molecular complexity index is 1020. The number of amides is 1. The summed E-state index contributed by atoms with van der Waals surface area (Å²) in [6.45, 7) is 8.69. The quantitative estimate of drug-likeness (QED) is 0.773. The topological polar surface area (TPSA) is 51.1 Å². The van der Waals surface area contributed by atoms with Gasteiger partial charge in [0.1, 0.15) is 17.2 Å². The van der Waals surface area contributed by atoms with Gasteiger partial charge in [-0.1, -0.05) is 6.08 Å².